The van der Waals surface area contributed by atoms with Crippen LogP contribution in [0.5, 0.6) is 0 Å². The predicted molar refractivity (Wildman–Crippen MR) is 91.3 cm³/mol. The van der Waals surface area contributed by atoms with Crippen molar-refractivity contribution in [1.29, 1.82) is 0 Å². The van der Waals surface area contributed by atoms with Crippen LogP contribution in [-0.4, -0.2) is 18.6 Å². The molecule has 0 saturated heterocycles. The minimum absolute atomic E-state index is 0.146. The number of hydrogen-bond donors (Lipinski definition) is 1. The summed E-state index contributed by atoms with van der Waals surface area (Å²) in [5.74, 6) is 0.165. The summed E-state index contributed by atoms with van der Waals surface area (Å²) in [7, 11) is -3.87. The highest BCUT2D eigenvalue weighted by molar-refractivity contribution is 7.93. The Morgan fingerprint density at radius 2 is 1.88 bits per heavy atom. The summed E-state index contributed by atoms with van der Waals surface area (Å²) < 4.78 is 33.6. The first-order chi connectivity index (χ1) is 11.6. The molecule has 0 saturated carbocycles. The standard InChI is InChI=1S/C17H13N3O3S/c1-11-8-9-12-5-4-10-18-15(12)16(11)24(21,22)20-17-13-6-2-3-7-14(13)23-19-17/h2-10H,1H3,(H,19,20). The van der Waals surface area contributed by atoms with Gasteiger partial charge in [-0.2, -0.15) is 0 Å². The Kier molecular flexibility index (Phi) is 3.24. The SMILES string of the molecule is Cc1ccc2cccnc2c1S(=O)(=O)Nc1noc2ccccc12. The Morgan fingerprint density at radius 3 is 2.75 bits per heavy atom. The van der Waals surface area contributed by atoms with Crippen LogP contribution in [0.4, 0.5) is 5.82 Å². The van der Waals surface area contributed by atoms with Gasteiger partial charge in [0.2, 0.25) is 0 Å². The minimum atomic E-state index is -3.87. The lowest BCUT2D eigenvalue weighted by Crippen LogP contribution is -2.15. The molecule has 0 aliphatic carbocycles. The molecule has 0 aliphatic rings. The van der Waals surface area contributed by atoms with Crippen molar-refractivity contribution in [2.45, 2.75) is 11.8 Å². The molecule has 0 spiro atoms. The van der Waals surface area contributed by atoms with Gasteiger partial charge < -0.3 is 4.52 Å². The van der Waals surface area contributed by atoms with Gasteiger partial charge in [0, 0.05) is 11.6 Å². The second-order valence-electron chi connectivity index (χ2n) is 5.42. The third kappa shape index (κ3) is 2.30. The van der Waals surface area contributed by atoms with E-state index in [0.717, 1.165) is 5.39 Å². The van der Waals surface area contributed by atoms with E-state index in [9.17, 15) is 8.42 Å². The van der Waals surface area contributed by atoms with Gasteiger partial charge in [0.15, 0.2) is 11.4 Å². The maximum absolute atomic E-state index is 12.9. The fourth-order valence-electron chi connectivity index (χ4n) is 2.70. The van der Waals surface area contributed by atoms with Gasteiger partial charge in [-0.15, -0.1) is 0 Å². The molecule has 4 aromatic rings. The molecule has 0 fully saturated rings. The molecule has 2 aromatic heterocycles. The quantitative estimate of drug-likeness (QED) is 0.617. The van der Waals surface area contributed by atoms with E-state index in [-0.39, 0.29) is 10.7 Å². The topological polar surface area (TPSA) is 85.1 Å². The number of rotatable bonds is 3. The fraction of sp³-hybridized carbons (Fsp3) is 0.0588. The van der Waals surface area contributed by atoms with E-state index in [0.29, 0.717) is 22.0 Å². The third-order valence-corrected chi connectivity index (χ3v) is 5.32. The number of hydrogen-bond acceptors (Lipinski definition) is 5. The molecule has 0 bridgehead atoms. The number of pyridine rings is 1. The van der Waals surface area contributed by atoms with Crippen molar-refractivity contribution in [2.75, 3.05) is 4.72 Å². The minimum Gasteiger partial charge on any atom is -0.354 e. The molecule has 7 heteroatoms. The first kappa shape index (κ1) is 14.6. The van der Waals surface area contributed by atoms with E-state index in [1.807, 2.05) is 12.1 Å². The van der Waals surface area contributed by atoms with Crippen molar-refractivity contribution in [3.8, 4) is 0 Å². The molecule has 6 nitrogen and oxygen atoms in total. The zero-order valence-corrected chi connectivity index (χ0v) is 13.5. The average Bonchev–Trinajstić information content (AvgIpc) is 2.97. The number of sulfonamides is 1. The lowest BCUT2D eigenvalue weighted by atomic mass is 10.1. The first-order valence-electron chi connectivity index (χ1n) is 7.28. The lowest BCUT2D eigenvalue weighted by Gasteiger charge is -2.11. The van der Waals surface area contributed by atoms with E-state index < -0.39 is 10.0 Å². The van der Waals surface area contributed by atoms with Gasteiger partial charge >= 0.3 is 0 Å². The van der Waals surface area contributed by atoms with Gasteiger partial charge in [0.1, 0.15) is 4.90 Å². The van der Waals surface area contributed by atoms with Gasteiger partial charge in [0.05, 0.1) is 10.9 Å². The number of nitrogens with zero attached hydrogens (tertiary/aromatic N) is 2. The highest BCUT2D eigenvalue weighted by Gasteiger charge is 2.23. The van der Waals surface area contributed by atoms with E-state index in [1.54, 1.807) is 49.5 Å². The number of anilines is 1. The molecule has 1 N–H and O–H groups in total. The van der Waals surface area contributed by atoms with E-state index in [2.05, 4.69) is 14.9 Å². The zero-order chi connectivity index (χ0) is 16.7. The van der Waals surface area contributed by atoms with Crippen molar-refractivity contribution in [1.82, 2.24) is 10.1 Å². The normalized spacial score (nSPS) is 11.9. The van der Waals surface area contributed by atoms with Crippen LogP contribution < -0.4 is 4.72 Å². The maximum Gasteiger partial charge on any atom is 0.265 e. The van der Waals surface area contributed by atoms with Gasteiger partial charge in [-0.1, -0.05) is 35.5 Å². The second-order valence-corrected chi connectivity index (χ2v) is 7.04. The highest BCUT2D eigenvalue weighted by atomic mass is 32.2. The maximum atomic E-state index is 12.9. The Bertz CT molecular complexity index is 1170. The summed E-state index contributed by atoms with van der Waals surface area (Å²) in [6.07, 6.45) is 1.58. The molecule has 4 rings (SSSR count). The van der Waals surface area contributed by atoms with Crippen molar-refractivity contribution < 1.29 is 12.9 Å². The molecule has 120 valence electrons. The van der Waals surface area contributed by atoms with Crippen LogP contribution >= 0.6 is 0 Å². The summed E-state index contributed by atoms with van der Waals surface area (Å²) in [6, 6.07) is 14.3. The predicted octanol–water partition coefficient (Wildman–Crippen LogP) is 3.49. The van der Waals surface area contributed by atoms with Crippen molar-refractivity contribution in [3.05, 3.63) is 60.3 Å². The summed E-state index contributed by atoms with van der Waals surface area (Å²) in [5.41, 5.74) is 1.56. The summed E-state index contributed by atoms with van der Waals surface area (Å²) in [4.78, 5) is 4.38. The van der Waals surface area contributed by atoms with Crippen LogP contribution in [0.25, 0.3) is 21.9 Å². The molecule has 0 aliphatic heterocycles. The van der Waals surface area contributed by atoms with Gasteiger partial charge in [0.25, 0.3) is 10.0 Å². The van der Waals surface area contributed by atoms with Crippen LogP contribution in [0, 0.1) is 6.92 Å². The van der Waals surface area contributed by atoms with E-state index >= 15 is 0 Å². The molecule has 24 heavy (non-hydrogen) atoms. The van der Waals surface area contributed by atoms with Crippen LogP contribution in [0.2, 0.25) is 0 Å². The molecule has 0 radical (unpaired) electrons. The largest absolute Gasteiger partial charge is 0.354 e. The summed E-state index contributed by atoms with van der Waals surface area (Å²) in [6.45, 7) is 1.74. The molecular formula is C17H13N3O3S. The van der Waals surface area contributed by atoms with Crippen LogP contribution in [0.15, 0.2) is 64.1 Å². The summed E-state index contributed by atoms with van der Waals surface area (Å²) >= 11 is 0. The van der Waals surface area contributed by atoms with Gasteiger partial charge in [-0.3, -0.25) is 9.71 Å². The molecule has 2 aromatic carbocycles. The fourth-order valence-corrected chi connectivity index (χ4v) is 4.12. The highest BCUT2D eigenvalue weighted by Crippen LogP contribution is 2.29. The molecule has 0 unspecified atom stereocenters. The molecule has 0 atom stereocenters. The number of para-hydroxylation sites is 1. The Labute approximate surface area is 138 Å². The molecule has 0 amide bonds. The Hall–Kier alpha value is -2.93. The first-order valence-corrected chi connectivity index (χ1v) is 8.76. The lowest BCUT2D eigenvalue weighted by molar-refractivity contribution is 0.460. The third-order valence-electron chi connectivity index (χ3n) is 3.80. The van der Waals surface area contributed by atoms with Crippen LogP contribution in [0.3, 0.4) is 0 Å². The van der Waals surface area contributed by atoms with E-state index in [4.69, 9.17) is 4.52 Å². The Balaban J connectivity index is 1.88. The van der Waals surface area contributed by atoms with Crippen LogP contribution in [0.1, 0.15) is 5.56 Å². The molecular weight excluding hydrogens is 326 g/mol. The van der Waals surface area contributed by atoms with Crippen LogP contribution in [-0.2, 0) is 10.0 Å². The Morgan fingerprint density at radius 1 is 1.04 bits per heavy atom. The molecule has 2 heterocycles. The van der Waals surface area contributed by atoms with Gasteiger partial charge in [-0.05, 0) is 30.7 Å². The number of aryl methyl sites for hydroxylation is 1. The van der Waals surface area contributed by atoms with Crippen molar-refractivity contribution >= 4 is 37.7 Å². The van der Waals surface area contributed by atoms with Crippen molar-refractivity contribution in [3.63, 3.8) is 0 Å². The smallest absolute Gasteiger partial charge is 0.265 e. The number of aromatic nitrogens is 2. The van der Waals surface area contributed by atoms with Gasteiger partial charge in [-0.25, -0.2) is 8.42 Å². The summed E-state index contributed by atoms with van der Waals surface area (Å²) in [5, 5.41) is 5.19. The average molecular weight is 339 g/mol. The van der Waals surface area contributed by atoms with E-state index in [1.165, 1.54) is 0 Å². The monoisotopic (exact) mass is 339 g/mol. The second kappa shape index (κ2) is 5.31. The van der Waals surface area contributed by atoms with Crippen molar-refractivity contribution in [2.24, 2.45) is 0 Å². The number of nitrogens with one attached hydrogen (secondary N) is 1. The zero-order valence-electron chi connectivity index (χ0n) is 12.7. The number of benzene rings is 2. The number of fused-ring (bicyclic) bond motifs is 2.